The molecule has 1 aromatic heterocycles. The molecule has 0 aliphatic heterocycles. The first-order valence-corrected chi connectivity index (χ1v) is 6.80. The smallest absolute Gasteiger partial charge is 0.138 e. The lowest BCUT2D eigenvalue weighted by Crippen LogP contribution is -2.13. The van der Waals surface area contributed by atoms with Crippen molar-refractivity contribution in [1.82, 2.24) is 9.55 Å². The first-order valence-electron chi connectivity index (χ1n) is 6.80. The Labute approximate surface area is 108 Å². The summed E-state index contributed by atoms with van der Waals surface area (Å²) in [5.74, 6) is 1.39. The van der Waals surface area contributed by atoms with Crippen LogP contribution in [0.1, 0.15) is 45.5 Å². The van der Waals surface area contributed by atoms with E-state index >= 15 is 0 Å². The summed E-state index contributed by atoms with van der Waals surface area (Å²) in [6.45, 7) is 7.33. The molecule has 2 rings (SSSR count). The van der Waals surface area contributed by atoms with Gasteiger partial charge in [0.05, 0.1) is 11.0 Å². The van der Waals surface area contributed by atoms with E-state index in [-0.39, 0.29) is 0 Å². The number of aliphatic hydroxyl groups excluding tert-OH is 1. The van der Waals surface area contributed by atoms with Gasteiger partial charge in [0.1, 0.15) is 11.9 Å². The molecular formula is C15H22N2O. The van der Waals surface area contributed by atoms with Crippen LogP contribution in [0.15, 0.2) is 24.3 Å². The summed E-state index contributed by atoms with van der Waals surface area (Å²) in [5.41, 5.74) is 2.10. The summed E-state index contributed by atoms with van der Waals surface area (Å²) >= 11 is 0. The van der Waals surface area contributed by atoms with E-state index in [0.717, 1.165) is 29.8 Å². The van der Waals surface area contributed by atoms with E-state index in [1.807, 2.05) is 25.1 Å². The van der Waals surface area contributed by atoms with Gasteiger partial charge in [0, 0.05) is 6.54 Å². The summed E-state index contributed by atoms with van der Waals surface area (Å²) in [6.07, 6.45) is 1.36. The summed E-state index contributed by atoms with van der Waals surface area (Å²) in [6, 6.07) is 8.11. The Bertz CT molecular complexity index is 518. The summed E-state index contributed by atoms with van der Waals surface area (Å²) in [4.78, 5) is 4.58. The lowest BCUT2D eigenvalue weighted by Gasteiger charge is -2.16. The van der Waals surface area contributed by atoms with E-state index in [1.54, 1.807) is 0 Å². The maximum atomic E-state index is 10.1. The van der Waals surface area contributed by atoms with E-state index < -0.39 is 6.10 Å². The van der Waals surface area contributed by atoms with Crippen molar-refractivity contribution in [2.45, 2.75) is 46.3 Å². The maximum Gasteiger partial charge on any atom is 0.138 e. The molecule has 0 saturated carbocycles. The molecular weight excluding hydrogens is 224 g/mol. The summed E-state index contributed by atoms with van der Waals surface area (Å²) in [5, 5.41) is 10.1. The van der Waals surface area contributed by atoms with Crippen LogP contribution in [0.4, 0.5) is 0 Å². The minimum absolute atomic E-state index is 0.471. The van der Waals surface area contributed by atoms with Crippen LogP contribution in [0.2, 0.25) is 0 Å². The van der Waals surface area contributed by atoms with Gasteiger partial charge in [-0.15, -0.1) is 0 Å². The standard InChI is InChI=1S/C15H22N2O/c1-4-11(3)10-17-13-9-7-6-8-12(13)16-15(17)14(18)5-2/h6-9,11,14,18H,4-5,10H2,1-3H3/t11-,14-/m1/s1. The average Bonchev–Trinajstić information content (AvgIpc) is 2.77. The molecule has 0 bridgehead atoms. The van der Waals surface area contributed by atoms with Gasteiger partial charge < -0.3 is 9.67 Å². The number of hydrogen-bond acceptors (Lipinski definition) is 2. The van der Waals surface area contributed by atoms with Crippen LogP contribution in [-0.2, 0) is 6.54 Å². The average molecular weight is 246 g/mol. The fraction of sp³-hybridized carbons (Fsp3) is 0.533. The molecule has 0 aliphatic rings. The van der Waals surface area contributed by atoms with E-state index in [1.165, 1.54) is 0 Å². The highest BCUT2D eigenvalue weighted by molar-refractivity contribution is 5.76. The molecule has 0 saturated heterocycles. The molecule has 98 valence electrons. The van der Waals surface area contributed by atoms with E-state index in [4.69, 9.17) is 0 Å². The zero-order valence-corrected chi connectivity index (χ0v) is 11.4. The van der Waals surface area contributed by atoms with Gasteiger partial charge in [0.15, 0.2) is 0 Å². The summed E-state index contributed by atoms with van der Waals surface area (Å²) < 4.78 is 2.18. The Balaban J connectivity index is 2.50. The van der Waals surface area contributed by atoms with Crippen molar-refractivity contribution in [1.29, 1.82) is 0 Å². The minimum atomic E-state index is -0.471. The van der Waals surface area contributed by atoms with Gasteiger partial charge in [-0.1, -0.05) is 39.3 Å². The molecule has 18 heavy (non-hydrogen) atoms. The molecule has 0 radical (unpaired) electrons. The molecule has 3 nitrogen and oxygen atoms in total. The molecule has 0 amide bonds. The number of aromatic nitrogens is 2. The van der Waals surface area contributed by atoms with Crippen LogP contribution < -0.4 is 0 Å². The Hall–Kier alpha value is -1.35. The van der Waals surface area contributed by atoms with Crippen molar-refractivity contribution in [3.05, 3.63) is 30.1 Å². The third-order valence-electron chi connectivity index (χ3n) is 3.56. The second kappa shape index (κ2) is 5.53. The second-order valence-corrected chi connectivity index (χ2v) is 5.01. The van der Waals surface area contributed by atoms with Gasteiger partial charge in [-0.3, -0.25) is 0 Å². The molecule has 1 aromatic carbocycles. The van der Waals surface area contributed by atoms with Crippen molar-refractivity contribution in [2.24, 2.45) is 5.92 Å². The predicted octanol–water partition coefficient (Wildman–Crippen LogP) is 3.53. The zero-order chi connectivity index (χ0) is 13.1. The fourth-order valence-electron chi connectivity index (χ4n) is 2.16. The number of benzene rings is 1. The highest BCUT2D eigenvalue weighted by Crippen LogP contribution is 2.24. The lowest BCUT2D eigenvalue weighted by atomic mass is 10.1. The van der Waals surface area contributed by atoms with Crippen LogP contribution in [0.3, 0.4) is 0 Å². The largest absolute Gasteiger partial charge is 0.385 e. The quantitative estimate of drug-likeness (QED) is 0.876. The van der Waals surface area contributed by atoms with Crippen LogP contribution in [0, 0.1) is 5.92 Å². The topological polar surface area (TPSA) is 38.0 Å². The Kier molecular flexibility index (Phi) is 4.02. The molecule has 3 heteroatoms. The number of rotatable bonds is 5. The van der Waals surface area contributed by atoms with Gasteiger partial charge in [0.2, 0.25) is 0 Å². The third kappa shape index (κ3) is 2.41. The molecule has 0 spiro atoms. The Morgan fingerprint density at radius 2 is 1.94 bits per heavy atom. The van der Waals surface area contributed by atoms with Gasteiger partial charge in [-0.05, 0) is 24.5 Å². The SMILES string of the molecule is CC[C@@H](C)Cn1c([C@H](O)CC)nc2ccccc21. The maximum absolute atomic E-state index is 10.1. The molecule has 2 aromatic rings. The van der Waals surface area contributed by atoms with Crippen LogP contribution in [0.25, 0.3) is 11.0 Å². The van der Waals surface area contributed by atoms with Gasteiger partial charge in [0.25, 0.3) is 0 Å². The molecule has 1 heterocycles. The van der Waals surface area contributed by atoms with Crippen molar-refractivity contribution in [3.63, 3.8) is 0 Å². The third-order valence-corrected chi connectivity index (χ3v) is 3.56. The van der Waals surface area contributed by atoms with Crippen molar-refractivity contribution < 1.29 is 5.11 Å². The highest BCUT2D eigenvalue weighted by Gasteiger charge is 2.17. The number of hydrogen-bond donors (Lipinski definition) is 1. The Morgan fingerprint density at radius 3 is 2.61 bits per heavy atom. The Morgan fingerprint density at radius 1 is 1.22 bits per heavy atom. The highest BCUT2D eigenvalue weighted by atomic mass is 16.3. The normalized spacial score (nSPS) is 14.9. The molecule has 2 atom stereocenters. The minimum Gasteiger partial charge on any atom is -0.385 e. The summed E-state index contributed by atoms with van der Waals surface area (Å²) in [7, 11) is 0. The van der Waals surface area contributed by atoms with Crippen molar-refractivity contribution in [2.75, 3.05) is 0 Å². The molecule has 1 N–H and O–H groups in total. The fourth-order valence-corrected chi connectivity index (χ4v) is 2.16. The number of fused-ring (bicyclic) bond motifs is 1. The van der Waals surface area contributed by atoms with E-state index in [2.05, 4.69) is 29.5 Å². The zero-order valence-electron chi connectivity index (χ0n) is 11.4. The van der Waals surface area contributed by atoms with E-state index in [9.17, 15) is 5.11 Å². The van der Waals surface area contributed by atoms with Crippen LogP contribution >= 0.6 is 0 Å². The van der Waals surface area contributed by atoms with Crippen molar-refractivity contribution >= 4 is 11.0 Å². The number of nitrogens with zero attached hydrogens (tertiary/aromatic N) is 2. The molecule has 0 aliphatic carbocycles. The van der Waals surface area contributed by atoms with Gasteiger partial charge in [-0.25, -0.2) is 4.98 Å². The van der Waals surface area contributed by atoms with E-state index in [0.29, 0.717) is 12.3 Å². The first-order chi connectivity index (χ1) is 8.67. The second-order valence-electron chi connectivity index (χ2n) is 5.01. The molecule has 0 unspecified atom stereocenters. The van der Waals surface area contributed by atoms with Crippen molar-refractivity contribution in [3.8, 4) is 0 Å². The number of imidazole rings is 1. The predicted molar refractivity (Wildman–Crippen MR) is 74.4 cm³/mol. The lowest BCUT2D eigenvalue weighted by molar-refractivity contribution is 0.158. The van der Waals surface area contributed by atoms with Crippen LogP contribution in [0.5, 0.6) is 0 Å². The van der Waals surface area contributed by atoms with Gasteiger partial charge in [-0.2, -0.15) is 0 Å². The van der Waals surface area contributed by atoms with Crippen LogP contribution in [-0.4, -0.2) is 14.7 Å². The monoisotopic (exact) mass is 246 g/mol. The molecule has 0 fully saturated rings. The van der Waals surface area contributed by atoms with Gasteiger partial charge >= 0.3 is 0 Å². The first kappa shape index (κ1) is 13.1. The number of aliphatic hydroxyl groups is 1. The number of para-hydroxylation sites is 2.